The molecule has 0 radical (unpaired) electrons. The normalized spacial score (nSPS) is 19.1. The highest BCUT2D eigenvalue weighted by molar-refractivity contribution is 5.73. The minimum Gasteiger partial charge on any atom is -0.480 e. The molecule has 1 rings (SSSR count). The smallest absolute Gasteiger partial charge is 0.320 e. The van der Waals surface area contributed by atoms with Crippen LogP contribution in [0.1, 0.15) is 52.4 Å². The second kappa shape index (κ2) is 8.48. The van der Waals surface area contributed by atoms with Crippen LogP contribution in [0.2, 0.25) is 0 Å². The van der Waals surface area contributed by atoms with Crippen LogP contribution in [0, 0.1) is 5.92 Å². The third-order valence-electron chi connectivity index (χ3n) is 3.46. The molecule has 0 saturated heterocycles. The molecule has 1 aliphatic carbocycles. The fourth-order valence-electron chi connectivity index (χ4n) is 2.49. The molecule has 0 aliphatic heterocycles. The Morgan fingerprint density at radius 2 is 2.00 bits per heavy atom. The van der Waals surface area contributed by atoms with Gasteiger partial charge < -0.3 is 15.2 Å². The molecule has 1 unspecified atom stereocenters. The Bertz CT molecular complexity index is 237. The molecular weight excluding hydrogens is 230 g/mol. The van der Waals surface area contributed by atoms with Crippen LogP contribution in [-0.2, 0) is 9.53 Å². The van der Waals surface area contributed by atoms with Gasteiger partial charge in [-0.1, -0.05) is 33.1 Å². The minimum atomic E-state index is -0.787. The van der Waals surface area contributed by atoms with Crippen LogP contribution in [0.3, 0.4) is 0 Å². The van der Waals surface area contributed by atoms with Gasteiger partial charge in [-0.2, -0.15) is 0 Å². The van der Waals surface area contributed by atoms with Crippen molar-refractivity contribution in [3.05, 3.63) is 0 Å². The molecular formula is C14H27NO3. The molecule has 0 aromatic rings. The van der Waals surface area contributed by atoms with Gasteiger partial charge >= 0.3 is 5.97 Å². The van der Waals surface area contributed by atoms with E-state index in [4.69, 9.17) is 9.84 Å². The third kappa shape index (κ3) is 6.36. The van der Waals surface area contributed by atoms with Crippen molar-refractivity contribution in [3.8, 4) is 0 Å². The van der Waals surface area contributed by atoms with E-state index in [9.17, 15) is 4.79 Å². The van der Waals surface area contributed by atoms with Crippen molar-refractivity contribution in [1.29, 1.82) is 0 Å². The number of hydrogen-bond donors (Lipinski definition) is 2. The Morgan fingerprint density at radius 1 is 1.33 bits per heavy atom. The van der Waals surface area contributed by atoms with E-state index in [-0.39, 0.29) is 6.04 Å². The summed E-state index contributed by atoms with van der Waals surface area (Å²) >= 11 is 0. The monoisotopic (exact) mass is 257 g/mol. The van der Waals surface area contributed by atoms with Gasteiger partial charge in [0.1, 0.15) is 6.04 Å². The summed E-state index contributed by atoms with van der Waals surface area (Å²) < 4.78 is 5.63. The summed E-state index contributed by atoms with van der Waals surface area (Å²) in [5.41, 5.74) is 0. The lowest BCUT2D eigenvalue weighted by Crippen LogP contribution is -2.41. The second-order valence-electron chi connectivity index (χ2n) is 5.58. The van der Waals surface area contributed by atoms with E-state index in [1.54, 1.807) is 0 Å². The first-order valence-electron chi connectivity index (χ1n) is 7.16. The third-order valence-corrected chi connectivity index (χ3v) is 3.46. The first-order chi connectivity index (χ1) is 8.59. The molecule has 106 valence electrons. The highest BCUT2D eigenvalue weighted by atomic mass is 16.5. The van der Waals surface area contributed by atoms with Gasteiger partial charge in [0.25, 0.3) is 0 Å². The molecule has 1 atom stereocenters. The number of ether oxygens (including phenoxy) is 1. The summed E-state index contributed by atoms with van der Waals surface area (Å²) in [7, 11) is 0. The van der Waals surface area contributed by atoms with E-state index in [0.29, 0.717) is 18.9 Å². The molecule has 2 N–H and O–H groups in total. The average Bonchev–Trinajstić information content (AvgIpc) is 2.33. The van der Waals surface area contributed by atoms with Crippen molar-refractivity contribution in [3.63, 3.8) is 0 Å². The van der Waals surface area contributed by atoms with Crippen LogP contribution in [0.25, 0.3) is 0 Å². The molecule has 4 heteroatoms. The van der Waals surface area contributed by atoms with Crippen molar-refractivity contribution < 1.29 is 14.6 Å². The van der Waals surface area contributed by atoms with Gasteiger partial charge in [-0.15, -0.1) is 0 Å². The minimum absolute atomic E-state index is 0.185. The first kappa shape index (κ1) is 15.4. The topological polar surface area (TPSA) is 58.6 Å². The van der Waals surface area contributed by atoms with Gasteiger partial charge in [0.2, 0.25) is 0 Å². The Morgan fingerprint density at radius 3 is 2.56 bits per heavy atom. The van der Waals surface area contributed by atoms with Crippen LogP contribution >= 0.6 is 0 Å². The first-order valence-corrected chi connectivity index (χ1v) is 7.16. The zero-order valence-electron chi connectivity index (χ0n) is 11.7. The molecule has 0 bridgehead atoms. The summed E-state index contributed by atoms with van der Waals surface area (Å²) in [6.45, 7) is 5.25. The summed E-state index contributed by atoms with van der Waals surface area (Å²) in [5, 5.41) is 12.1. The molecule has 4 nitrogen and oxygen atoms in total. The maximum absolute atomic E-state index is 11.0. The number of carbonyl (C=O) groups is 1. The zero-order valence-corrected chi connectivity index (χ0v) is 11.7. The molecule has 0 spiro atoms. The number of rotatable bonds is 8. The molecule has 18 heavy (non-hydrogen) atoms. The van der Waals surface area contributed by atoms with Gasteiger partial charge in [-0.05, 0) is 25.2 Å². The molecule has 1 aliphatic rings. The highest BCUT2D eigenvalue weighted by Crippen LogP contribution is 2.23. The van der Waals surface area contributed by atoms with Crippen LogP contribution in [0.15, 0.2) is 0 Å². The lowest BCUT2D eigenvalue weighted by molar-refractivity contribution is -0.140. The Hall–Kier alpha value is -0.610. The largest absolute Gasteiger partial charge is 0.480 e. The number of hydrogen-bond acceptors (Lipinski definition) is 3. The lowest BCUT2D eigenvalue weighted by Gasteiger charge is -2.22. The molecule has 0 aromatic carbocycles. The summed E-state index contributed by atoms with van der Waals surface area (Å²) in [4.78, 5) is 11.0. The lowest BCUT2D eigenvalue weighted by atomic mass is 9.90. The molecule has 0 heterocycles. The van der Waals surface area contributed by atoms with Crippen LogP contribution in [-0.4, -0.2) is 36.4 Å². The number of carboxylic acids is 1. The van der Waals surface area contributed by atoms with E-state index in [1.807, 2.05) is 13.8 Å². The predicted molar refractivity (Wildman–Crippen MR) is 71.7 cm³/mol. The quantitative estimate of drug-likeness (QED) is 0.656. The van der Waals surface area contributed by atoms with Crippen LogP contribution in [0.5, 0.6) is 0 Å². The maximum atomic E-state index is 11.0. The van der Waals surface area contributed by atoms with E-state index < -0.39 is 12.0 Å². The van der Waals surface area contributed by atoms with Crippen LogP contribution in [0.4, 0.5) is 0 Å². The van der Waals surface area contributed by atoms with Gasteiger partial charge in [0.15, 0.2) is 0 Å². The Kier molecular flexibility index (Phi) is 7.28. The summed E-state index contributed by atoms with van der Waals surface area (Å²) in [6.07, 6.45) is 7.08. The molecule has 0 aromatic heterocycles. The van der Waals surface area contributed by atoms with Crippen molar-refractivity contribution in [1.82, 2.24) is 5.32 Å². The van der Waals surface area contributed by atoms with Crippen LogP contribution < -0.4 is 5.32 Å². The van der Waals surface area contributed by atoms with E-state index in [2.05, 4.69) is 5.32 Å². The van der Waals surface area contributed by atoms with E-state index >= 15 is 0 Å². The molecule has 0 amide bonds. The van der Waals surface area contributed by atoms with Gasteiger partial charge in [0, 0.05) is 19.3 Å². The Balaban J connectivity index is 2.12. The van der Waals surface area contributed by atoms with Gasteiger partial charge in [-0.25, -0.2) is 0 Å². The predicted octanol–water partition coefficient (Wildman–Crippen LogP) is 2.42. The van der Waals surface area contributed by atoms with Crippen molar-refractivity contribution in [2.24, 2.45) is 5.92 Å². The van der Waals surface area contributed by atoms with Gasteiger partial charge in [-0.3, -0.25) is 4.79 Å². The average molecular weight is 257 g/mol. The number of carboxylic acid groups (broad SMARTS) is 1. The van der Waals surface area contributed by atoms with E-state index in [1.165, 1.54) is 32.1 Å². The fourth-order valence-corrected chi connectivity index (χ4v) is 2.49. The van der Waals surface area contributed by atoms with E-state index in [0.717, 1.165) is 6.61 Å². The highest BCUT2D eigenvalue weighted by Gasteiger charge is 2.18. The maximum Gasteiger partial charge on any atom is 0.320 e. The van der Waals surface area contributed by atoms with Gasteiger partial charge in [0.05, 0.1) is 0 Å². The number of aliphatic carboxylic acids is 1. The van der Waals surface area contributed by atoms with Crippen molar-refractivity contribution in [2.75, 3.05) is 13.2 Å². The fraction of sp³-hybridized carbons (Fsp3) is 0.929. The van der Waals surface area contributed by atoms with Crippen molar-refractivity contribution in [2.45, 2.75) is 64.5 Å². The van der Waals surface area contributed by atoms with Crippen molar-refractivity contribution >= 4 is 5.97 Å². The Labute approximate surface area is 110 Å². The molecule has 1 fully saturated rings. The molecule has 1 saturated carbocycles. The number of nitrogens with one attached hydrogen (secondary N) is 1. The zero-order chi connectivity index (χ0) is 13.4. The summed E-state index contributed by atoms with van der Waals surface area (Å²) in [5.74, 6) is -0.0925. The summed E-state index contributed by atoms with van der Waals surface area (Å²) in [6, 6.07) is -0.305. The standard InChI is InChI=1S/C14H27NO3/c1-11(2)15-13(14(16)17)8-9-18-10-12-6-4-3-5-7-12/h11-13,15H,3-10H2,1-2H3,(H,16,17). The SMILES string of the molecule is CC(C)NC(CCOCC1CCCCC1)C(=O)O. The second-order valence-corrected chi connectivity index (χ2v) is 5.58.